The zero-order valence-electron chi connectivity index (χ0n) is 12.4. The molecule has 1 aromatic heterocycles. The van der Waals surface area contributed by atoms with Crippen LogP contribution in [0.15, 0.2) is 42.7 Å². The Bertz CT molecular complexity index is 564. The topological polar surface area (TPSA) is 45.1 Å². The van der Waals surface area contributed by atoms with Crippen molar-refractivity contribution in [3.8, 4) is 0 Å². The Balaban J connectivity index is 2.02. The molecule has 0 bridgehead atoms. The minimum absolute atomic E-state index is 0.506. The van der Waals surface area contributed by atoms with Crippen molar-refractivity contribution in [3.63, 3.8) is 0 Å². The van der Waals surface area contributed by atoms with Gasteiger partial charge in [0.05, 0.1) is 5.60 Å². The molecule has 0 aliphatic rings. The van der Waals surface area contributed by atoms with E-state index >= 15 is 0 Å². The number of aryl methyl sites for hydroxylation is 2. The van der Waals surface area contributed by atoms with Crippen LogP contribution in [0.5, 0.6) is 0 Å². The predicted molar refractivity (Wildman–Crippen MR) is 81.4 cm³/mol. The Morgan fingerprint density at radius 2 is 2.05 bits per heavy atom. The van der Waals surface area contributed by atoms with Gasteiger partial charge in [0.25, 0.3) is 0 Å². The number of aromatic nitrogens is 1. The number of hydrogen-bond donors (Lipinski definition) is 2. The monoisotopic (exact) mass is 270 g/mol. The summed E-state index contributed by atoms with van der Waals surface area (Å²) in [7, 11) is 0. The van der Waals surface area contributed by atoms with Crippen molar-refractivity contribution in [2.45, 2.75) is 32.9 Å². The van der Waals surface area contributed by atoms with E-state index in [1.807, 2.05) is 39.1 Å². The van der Waals surface area contributed by atoms with Gasteiger partial charge < -0.3 is 10.4 Å². The molecule has 2 N–H and O–H groups in total. The Hall–Kier alpha value is -1.71. The summed E-state index contributed by atoms with van der Waals surface area (Å²) < 4.78 is 0. The van der Waals surface area contributed by atoms with Gasteiger partial charge in [0.1, 0.15) is 0 Å². The summed E-state index contributed by atoms with van der Waals surface area (Å²) in [4.78, 5) is 4.08. The summed E-state index contributed by atoms with van der Waals surface area (Å²) in [6, 6.07) is 10.1. The lowest BCUT2D eigenvalue weighted by molar-refractivity contribution is 0.0560. The number of hydrogen-bond acceptors (Lipinski definition) is 3. The van der Waals surface area contributed by atoms with Crippen LogP contribution in [0.2, 0.25) is 0 Å². The van der Waals surface area contributed by atoms with Crippen LogP contribution in [0, 0.1) is 13.8 Å². The van der Waals surface area contributed by atoms with E-state index in [1.54, 1.807) is 6.20 Å². The maximum Gasteiger partial charge on any atom is 0.0995 e. The molecule has 106 valence electrons. The van der Waals surface area contributed by atoms with Gasteiger partial charge in [-0.05, 0) is 43.5 Å². The largest absolute Gasteiger partial charge is 0.384 e. The molecule has 1 unspecified atom stereocenters. The van der Waals surface area contributed by atoms with Gasteiger partial charge >= 0.3 is 0 Å². The summed E-state index contributed by atoms with van der Waals surface area (Å²) in [5, 5.41) is 14.0. The van der Waals surface area contributed by atoms with E-state index in [4.69, 9.17) is 0 Å². The second-order valence-corrected chi connectivity index (χ2v) is 5.56. The van der Waals surface area contributed by atoms with Gasteiger partial charge in [-0.1, -0.05) is 29.8 Å². The third-order valence-electron chi connectivity index (χ3n) is 3.49. The Morgan fingerprint density at radius 1 is 1.25 bits per heavy atom. The molecule has 2 aromatic rings. The van der Waals surface area contributed by atoms with Gasteiger partial charge in [-0.3, -0.25) is 4.98 Å². The molecule has 0 spiro atoms. The number of aliphatic hydroxyl groups is 1. The molecule has 0 amide bonds. The minimum atomic E-state index is -0.877. The molecule has 1 atom stereocenters. The lowest BCUT2D eigenvalue weighted by atomic mass is 9.90. The van der Waals surface area contributed by atoms with Crippen LogP contribution in [0.4, 0.5) is 0 Å². The fraction of sp³-hybridized carbons (Fsp3) is 0.353. The van der Waals surface area contributed by atoms with Crippen molar-refractivity contribution in [1.82, 2.24) is 10.3 Å². The van der Waals surface area contributed by atoms with E-state index in [2.05, 4.69) is 28.5 Å². The van der Waals surface area contributed by atoms with Crippen molar-refractivity contribution in [2.24, 2.45) is 0 Å². The van der Waals surface area contributed by atoms with E-state index in [0.29, 0.717) is 13.1 Å². The number of nitrogens with zero attached hydrogens (tertiary/aromatic N) is 1. The van der Waals surface area contributed by atoms with E-state index < -0.39 is 5.60 Å². The molecule has 0 fully saturated rings. The Morgan fingerprint density at radius 3 is 2.75 bits per heavy atom. The average Bonchev–Trinajstić information content (AvgIpc) is 2.42. The highest BCUT2D eigenvalue weighted by atomic mass is 16.3. The van der Waals surface area contributed by atoms with Crippen LogP contribution < -0.4 is 5.32 Å². The molecule has 0 aliphatic carbocycles. The van der Waals surface area contributed by atoms with Crippen LogP contribution >= 0.6 is 0 Å². The highest BCUT2D eigenvalue weighted by Gasteiger charge is 2.24. The highest BCUT2D eigenvalue weighted by molar-refractivity contribution is 5.34. The van der Waals surface area contributed by atoms with Gasteiger partial charge in [-0.15, -0.1) is 0 Å². The summed E-state index contributed by atoms with van der Waals surface area (Å²) in [6.07, 6.45) is 3.59. The third kappa shape index (κ3) is 3.65. The molecule has 0 aliphatic heterocycles. The van der Waals surface area contributed by atoms with Gasteiger partial charge in [0.2, 0.25) is 0 Å². The van der Waals surface area contributed by atoms with Crippen molar-refractivity contribution < 1.29 is 5.11 Å². The zero-order chi connectivity index (χ0) is 14.6. The van der Waals surface area contributed by atoms with Crippen molar-refractivity contribution in [2.75, 3.05) is 6.54 Å². The summed E-state index contributed by atoms with van der Waals surface area (Å²) in [5.74, 6) is 0. The highest BCUT2D eigenvalue weighted by Crippen LogP contribution is 2.24. The molecule has 1 heterocycles. The lowest BCUT2D eigenvalue weighted by Crippen LogP contribution is -2.35. The first-order chi connectivity index (χ1) is 9.49. The maximum absolute atomic E-state index is 10.7. The second kappa shape index (κ2) is 6.16. The van der Waals surface area contributed by atoms with Crippen molar-refractivity contribution >= 4 is 0 Å². The maximum atomic E-state index is 10.7. The van der Waals surface area contributed by atoms with E-state index in [-0.39, 0.29) is 0 Å². The molecule has 0 saturated carbocycles. The van der Waals surface area contributed by atoms with Gasteiger partial charge in [-0.2, -0.15) is 0 Å². The minimum Gasteiger partial charge on any atom is -0.384 e. The number of rotatable bonds is 5. The third-order valence-corrected chi connectivity index (χ3v) is 3.49. The van der Waals surface area contributed by atoms with E-state index in [1.165, 1.54) is 0 Å². The normalized spacial score (nSPS) is 14.0. The molecular weight excluding hydrogens is 248 g/mol. The molecule has 1 aromatic carbocycles. The van der Waals surface area contributed by atoms with Crippen LogP contribution in [-0.4, -0.2) is 16.6 Å². The van der Waals surface area contributed by atoms with Crippen molar-refractivity contribution in [1.29, 1.82) is 0 Å². The quantitative estimate of drug-likeness (QED) is 0.878. The van der Waals surface area contributed by atoms with Crippen molar-refractivity contribution in [3.05, 3.63) is 65.0 Å². The van der Waals surface area contributed by atoms with Crippen LogP contribution in [0.1, 0.15) is 29.2 Å². The fourth-order valence-corrected chi connectivity index (χ4v) is 2.36. The van der Waals surface area contributed by atoms with Crippen LogP contribution in [-0.2, 0) is 12.1 Å². The first-order valence-electron chi connectivity index (χ1n) is 6.89. The second-order valence-electron chi connectivity index (χ2n) is 5.56. The first-order valence-corrected chi connectivity index (χ1v) is 6.89. The SMILES string of the molecule is Cc1ccc(C)c(C(C)(O)CNCc2cccnc2)c1. The Labute approximate surface area is 120 Å². The number of benzene rings is 1. The number of pyridine rings is 1. The fourth-order valence-electron chi connectivity index (χ4n) is 2.36. The molecule has 20 heavy (non-hydrogen) atoms. The summed E-state index contributed by atoms with van der Waals surface area (Å²) >= 11 is 0. The number of nitrogens with one attached hydrogen (secondary N) is 1. The first kappa shape index (κ1) is 14.7. The van der Waals surface area contributed by atoms with Gasteiger partial charge in [0.15, 0.2) is 0 Å². The van der Waals surface area contributed by atoms with E-state index in [9.17, 15) is 5.11 Å². The average molecular weight is 270 g/mol. The summed E-state index contributed by atoms with van der Waals surface area (Å²) in [5.41, 5.74) is 3.50. The standard InChI is InChI=1S/C17H22N2O/c1-13-6-7-14(2)16(9-13)17(3,20)12-19-11-15-5-4-8-18-10-15/h4-10,19-20H,11-12H2,1-3H3. The molecule has 0 saturated heterocycles. The molecule has 2 rings (SSSR count). The van der Waals surface area contributed by atoms with Crippen LogP contribution in [0.25, 0.3) is 0 Å². The Kier molecular flexibility index (Phi) is 4.53. The molecule has 0 radical (unpaired) electrons. The molecular formula is C17H22N2O. The molecule has 3 nitrogen and oxygen atoms in total. The zero-order valence-corrected chi connectivity index (χ0v) is 12.4. The van der Waals surface area contributed by atoms with Gasteiger partial charge in [-0.25, -0.2) is 0 Å². The molecule has 3 heteroatoms. The van der Waals surface area contributed by atoms with Gasteiger partial charge in [0, 0.05) is 25.5 Å². The van der Waals surface area contributed by atoms with Crippen LogP contribution in [0.3, 0.4) is 0 Å². The smallest absolute Gasteiger partial charge is 0.0995 e. The predicted octanol–water partition coefficient (Wildman–Crippen LogP) is 2.70. The summed E-state index contributed by atoms with van der Waals surface area (Å²) in [6.45, 7) is 7.14. The van der Waals surface area contributed by atoms with E-state index in [0.717, 1.165) is 22.3 Å². The lowest BCUT2D eigenvalue weighted by Gasteiger charge is -2.26.